The zero-order valence-electron chi connectivity index (χ0n) is 8.05. The number of aromatic nitrogens is 1. The summed E-state index contributed by atoms with van der Waals surface area (Å²) in [6, 6.07) is 5.18. The van der Waals surface area contributed by atoms with E-state index in [0.717, 1.165) is 17.7 Å². The van der Waals surface area contributed by atoms with Gasteiger partial charge in [-0.15, -0.1) is 11.6 Å². The van der Waals surface area contributed by atoms with E-state index >= 15 is 0 Å². The van der Waals surface area contributed by atoms with Crippen molar-refractivity contribution in [2.75, 3.05) is 0 Å². The summed E-state index contributed by atoms with van der Waals surface area (Å²) in [5.74, 6) is 0.254. The second-order valence-electron chi connectivity index (χ2n) is 3.33. The van der Waals surface area contributed by atoms with E-state index in [9.17, 15) is 13.2 Å². The lowest BCUT2D eigenvalue weighted by atomic mass is 10.1. The molecule has 2 aromatic rings. The molecule has 0 saturated heterocycles. The molecule has 0 aliphatic heterocycles. The third kappa shape index (κ3) is 1.97. The van der Waals surface area contributed by atoms with E-state index in [0.29, 0.717) is 10.9 Å². The molecule has 84 valence electrons. The Morgan fingerprint density at radius 2 is 1.94 bits per heavy atom. The van der Waals surface area contributed by atoms with Gasteiger partial charge in [0.15, 0.2) is 0 Å². The predicted molar refractivity (Wildman–Crippen MR) is 56.3 cm³/mol. The molecule has 0 unspecified atom stereocenters. The maximum Gasteiger partial charge on any atom is 0.416 e. The van der Waals surface area contributed by atoms with Gasteiger partial charge in [0.05, 0.1) is 11.1 Å². The minimum atomic E-state index is -4.34. The summed E-state index contributed by atoms with van der Waals surface area (Å²) in [7, 11) is 0. The van der Waals surface area contributed by atoms with Gasteiger partial charge in [0, 0.05) is 17.5 Å². The summed E-state index contributed by atoms with van der Waals surface area (Å²) in [5.41, 5.74) is 0.396. The molecule has 0 aliphatic carbocycles. The number of hydrogen-bond donors (Lipinski definition) is 0. The smallest absolute Gasteiger partial charge is 0.256 e. The molecule has 0 spiro atoms. The molecule has 1 aromatic heterocycles. The Hall–Kier alpha value is -1.29. The molecular formula is C11H7ClF3N. The first-order chi connectivity index (χ1) is 7.52. The summed E-state index contributed by atoms with van der Waals surface area (Å²) in [6.07, 6.45) is -2.88. The quantitative estimate of drug-likeness (QED) is 0.692. The van der Waals surface area contributed by atoms with E-state index in [4.69, 9.17) is 11.6 Å². The molecule has 0 bridgehead atoms. The van der Waals surface area contributed by atoms with E-state index in [2.05, 4.69) is 4.98 Å². The molecule has 0 radical (unpaired) electrons. The van der Waals surface area contributed by atoms with Crippen LogP contribution < -0.4 is 0 Å². The fraction of sp³-hybridized carbons (Fsp3) is 0.182. The molecule has 1 heterocycles. The first-order valence-corrected chi connectivity index (χ1v) is 5.06. The van der Waals surface area contributed by atoms with Crippen LogP contribution in [-0.4, -0.2) is 4.98 Å². The zero-order valence-corrected chi connectivity index (χ0v) is 8.81. The van der Waals surface area contributed by atoms with Crippen molar-refractivity contribution in [2.45, 2.75) is 12.1 Å². The molecule has 0 saturated carbocycles. The predicted octanol–water partition coefficient (Wildman–Crippen LogP) is 3.99. The Balaban J connectivity index is 2.64. The molecule has 2 rings (SSSR count). The van der Waals surface area contributed by atoms with Crippen molar-refractivity contribution in [3.05, 3.63) is 41.6 Å². The van der Waals surface area contributed by atoms with Crippen molar-refractivity contribution >= 4 is 22.5 Å². The van der Waals surface area contributed by atoms with Crippen LogP contribution in [0.2, 0.25) is 0 Å². The second-order valence-corrected chi connectivity index (χ2v) is 3.60. The Morgan fingerprint density at radius 1 is 1.19 bits per heavy atom. The monoisotopic (exact) mass is 245 g/mol. The maximum absolute atomic E-state index is 12.4. The third-order valence-electron chi connectivity index (χ3n) is 2.30. The highest BCUT2D eigenvalue weighted by Crippen LogP contribution is 2.31. The third-order valence-corrected chi connectivity index (χ3v) is 2.59. The molecule has 0 N–H and O–H groups in total. The van der Waals surface area contributed by atoms with Crippen LogP contribution >= 0.6 is 11.6 Å². The highest BCUT2D eigenvalue weighted by atomic mass is 35.5. The Kier molecular flexibility index (Phi) is 2.76. The minimum absolute atomic E-state index is 0.254. The van der Waals surface area contributed by atoms with Crippen molar-refractivity contribution in [2.24, 2.45) is 0 Å². The summed E-state index contributed by atoms with van der Waals surface area (Å²) in [4.78, 5) is 3.91. The SMILES string of the molecule is FC(F)(F)c1ccc2c(CCl)ccnc2c1. The number of halogens is 4. The van der Waals surface area contributed by atoms with E-state index in [-0.39, 0.29) is 5.88 Å². The average molecular weight is 246 g/mol. The van der Waals surface area contributed by atoms with Gasteiger partial charge in [-0.25, -0.2) is 0 Å². The first kappa shape index (κ1) is 11.2. The average Bonchev–Trinajstić information content (AvgIpc) is 2.26. The van der Waals surface area contributed by atoms with Gasteiger partial charge in [-0.3, -0.25) is 4.98 Å². The molecule has 0 amide bonds. The number of alkyl halides is 4. The van der Waals surface area contributed by atoms with Gasteiger partial charge >= 0.3 is 6.18 Å². The number of fused-ring (bicyclic) bond motifs is 1. The normalized spacial score (nSPS) is 12.0. The van der Waals surface area contributed by atoms with Gasteiger partial charge < -0.3 is 0 Å². The van der Waals surface area contributed by atoms with Gasteiger partial charge in [0.25, 0.3) is 0 Å². The number of nitrogens with zero attached hydrogens (tertiary/aromatic N) is 1. The van der Waals surface area contributed by atoms with Crippen LogP contribution in [0.15, 0.2) is 30.5 Å². The highest BCUT2D eigenvalue weighted by Gasteiger charge is 2.30. The topological polar surface area (TPSA) is 12.9 Å². The molecule has 1 nitrogen and oxygen atoms in total. The van der Waals surface area contributed by atoms with Crippen LogP contribution in [0.1, 0.15) is 11.1 Å². The fourth-order valence-electron chi connectivity index (χ4n) is 1.50. The van der Waals surface area contributed by atoms with Crippen molar-refractivity contribution in [1.82, 2.24) is 4.98 Å². The number of pyridine rings is 1. The van der Waals surface area contributed by atoms with E-state index < -0.39 is 11.7 Å². The number of rotatable bonds is 1. The van der Waals surface area contributed by atoms with E-state index in [1.807, 2.05) is 0 Å². The van der Waals surface area contributed by atoms with Crippen LogP contribution in [0.5, 0.6) is 0 Å². The maximum atomic E-state index is 12.4. The van der Waals surface area contributed by atoms with Crippen molar-refractivity contribution in [3.8, 4) is 0 Å². The molecule has 1 aromatic carbocycles. The Morgan fingerprint density at radius 3 is 2.56 bits per heavy atom. The Bertz CT molecular complexity index is 522. The molecular weight excluding hydrogens is 239 g/mol. The summed E-state index contributed by atoms with van der Waals surface area (Å²) >= 11 is 5.69. The van der Waals surface area contributed by atoms with Gasteiger partial charge in [-0.1, -0.05) is 6.07 Å². The fourth-order valence-corrected chi connectivity index (χ4v) is 1.73. The standard InChI is InChI=1S/C11H7ClF3N/c12-6-7-3-4-16-10-5-8(11(13,14)15)1-2-9(7)10/h1-5H,6H2. The first-order valence-electron chi connectivity index (χ1n) is 4.53. The van der Waals surface area contributed by atoms with Crippen molar-refractivity contribution in [1.29, 1.82) is 0 Å². The van der Waals surface area contributed by atoms with Crippen LogP contribution in [0, 0.1) is 0 Å². The lowest BCUT2D eigenvalue weighted by Crippen LogP contribution is -2.04. The largest absolute Gasteiger partial charge is 0.416 e. The van der Waals surface area contributed by atoms with Crippen LogP contribution in [0.25, 0.3) is 10.9 Å². The van der Waals surface area contributed by atoms with Gasteiger partial charge in [-0.2, -0.15) is 13.2 Å². The molecule has 0 atom stereocenters. The van der Waals surface area contributed by atoms with Gasteiger partial charge in [0.1, 0.15) is 0 Å². The number of hydrogen-bond acceptors (Lipinski definition) is 1. The van der Waals surface area contributed by atoms with Gasteiger partial charge in [0.2, 0.25) is 0 Å². The number of benzene rings is 1. The van der Waals surface area contributed by atoms with Crippen molar-refractivity contribution in [3.63, 3.8) is 0 Å². The Labute approximate surface area is 94.9 Å². The molecule has 0 aliphatic rings. The molecule has 0 fully saturated rings. The van der Waals surface area contributed by atoms with Crippen LogP contribution in [0.3, 0.4) is 0 Å². The highest BCUT2D eigenvalue weighted by molar-refractivity contribution is 6.18. The summed E-state index contributed by atoms with van der Waals surface area (Å²) in [6.45, 7) is 0. The van der Waals surface area contributed by atoms with E-state index in [1.54, 1.807) is 6.07 Å². The van der Waals surface area contributed by atoms with Gasteiger partial charge in [-0.05, 0) is 23.8 Å². The molecule has 16 heavy (non-hydrogen) atoms. The van der Waals surface area contributed by atoms with Crippen LogP contribution in [0.4, 0.5) is 13.2 Å². The summed E-state index contributed by atoms with van der Waals surface area (Å²) in [5, 5.41) is 0.658. The lowest BCUT2D eigenvalue weighted by Gasteiger charge is -2.08. The zero-order chi connectivity index (χ0) is 11.8. The summed E-state index contributed by atoms with van der Waals surface area (Å²) < 4.78 is 37.3. The van der Waals surface area contributed by atoms with Crippen LogP contribution in [-0.2, 0) is 12.1 Å². The van der Waals surface area contributed by atoms with E-state index in [1.165, 1.54) is 12.3 Å². The molecule has 5 heteroatoms. The lowest BCUT2D eigenvalue weighted by molar-refractivity contribution is -0.137. The second kappa shape index (κ2) is 3.94. The minimum Gasteiger partial charge on any atom is -0.256 e. The van der Waals surface area contributed by atoms with Crippen molar-refractivity contribution < 1.29 is 13.2 Å².